The van der Waals surface area contributed by atoms with E-state index >= 15 is 0 Å². The van der Waals surface area contributed by atoms with E-state index in [1.54, 1.807) is 7.11 Å². The normalized spacial score (nSPS) is 26.7. The molecule has 1 rings (SSSR count). The van der Waals surface area contributed by atoms with Crippen molar-refractivity contribution in [3.05, 3.63) is 0 Å². The van der Waals surface area contributed by atoms with Crippen LogP contribution in [0.1, 0.15) is 26.2 Å². The fourth-order valence-electron chi connectivity index (χ4n) is 2.30. The van der Waals surface area contributed by atoms with Crippen molar-refractivity contribution in [1.82, 2.24) is 4.90 Å². The second kappa shape index (κ2) is 6.00. The van der Waals surface area contributed by atoms with Crippen molar-refractivity contribution in [3.8, 4) is 6.07 Å². The SMILES string of the molecule is CCN(CCOC)C1CCCC1C#N. The van der Waals surface area contributed by atoms with Gasteiger partial charge in [0.25, 0.3) is 0 Å². The highest BCUT2D eigenvalue weighted by Gasteiger charge is 2.30. The molecule has 14 heavy (non-hydrogen) atoms. The summed E-state index contributed by atoms with van der Waals surface area (Å²) in [6.07, 6.45) is 3.45. The molecule has 3 heteroatoms. The van der Waals surface area contributed by atoms with Crippen molar-refractivity contribution >= 4 is 0 Å². The molecule has 0 bridgehead atoms. The smallest absolute Gasteiger partial charge is 0.0672 e. The second-order valence-electron chi connectivity index (χ2n) is 3.86. The molecule has 0 aromatic heterocycles. The molecule has 0 heterocycles. The van der Waals surface area contributed by atoms with Crippen LogP contribution >= 0.6 is 0 Å². The third-order valence-corrected chi connectivity index (χ3v) is 3.10. The van der Waals surface area contributed by atoms with Gasteiger partial charge in [-0.2, -0.15) is 5.26 Å². The summed E-state index contributed by atoms with van der Waals surface area (Å²) >= 11 is 0. The second-order valence-corrected chi connectivity index (χ2v) is 3.86. The van der Waals surface area contributed by atoms with Gasteiger partial charge < -0.3 is 4.74 Å². The first-order valence-electron chi connectivity index (χ1n) is 5.46. The molecule has 0 radical (unpaired) electrons. The summed E-state index contributed by atoms with van der Waals surface area (Å²) in [6.45, 7) is 4.90. The molecule has 0 saturated heterocycles. The fraction of sp³-hybridized carbons (Fsp3) is 0.909. The average molecular weight is 196 g/mol. The molecule has 1 fully saturated rings. The first kappa shape index (κ1) is 11.5. The summed E-state index contributed by atoms with van der Waals surface area (Å²) in [5.41, 5.74) is 0. The Hall–Kier alpha value is -0.590. The van der Waals surface area contributed by atoms with Crippen LogP contribution in [0.2, 0.25) is 0 Å². The van der Waals surface area contributed by atoms with Crippen molar-refractivity contribution in [1.29, 1.82) is 5.26 Å². The van der Waals surface area contributed by atoms with Crippen molar-refractivity contribution in [2.45, 2.75) is 32.2 Å². The number of ether oxygens (including phenoxy) is 1. The Bertz CT molecular complexity index is 200. The molecule has 1 aliphatic carbocycles. The van der Waals surface area contributed by atoms with Crippen LogP contribution in [-0.4, -0.2) is 37.7 Å². The molecule has 2 unspecified atom stereocenters. The summed E-state index contributed by atoms with van der Waals surface area (Å²) < 4.78 is 5.08. The van der Waals surface area contributed by atoms with Gasteiger partial charge in [-0.1, -0.05) is 13.3 Å². The standard InChI is InChI=1S/C11H20N2O/c1-3-13(7-8-14-2)11-6-4-5-10(11)9-12/h10-11H,3-8H2,1-2H3. The highest BCUT2D eigenvalue weighted by Crippen LogP contribution is 2.29. The van der Waals surface area contributed by atoms with Gasteiger partial charge in [0.1, 0.15) is 0 Å². The van der Waals surface area contributed by atoms with Gasteiger partial charge in [-0.15, -0.1) is 0 Å². The molecule has 0 aromatic rings. The monoisotopic (exact) mass is 196 g/mol. The Morgan fingerprint density at radius 3 is 2.86 bits per heavy atom. The van der Waals surface area contributed by atoms with Crippen LogP contribution in [0, 0.1) is 17.2 Å². The van der Waals surface area contributed by atoms with Crippen LogP contribution in [0.15, 0.2) is 0 Å². The van der Waals surface area contributed by atoms with E-state index in [-0.39, 0.29) is 5.92 Å². The highest BCUT2D eigenvalue weighted by atomic mass is 16.5. The topological polar surface area (TPSA) is 36.3 Å². The Balaban J connectivity index is 2.46. The van der Waals surface area contributed by atoms with Gasteiger partial charge >= 0.3 is 0 Å². The molecule has 0 aromatic carbocycles. The molecule has 2 atom stereocenters. The van der Waals surface area contributed by atoms with E-state index in [0.717, 1.165) is 26.1 Å². The minimum absolute atomic E-state index is 0.242. The lowest BCUT2D eigenvalue weighted by Gasteiger charge is -2.29. The Morgan fingerprint density at radius 1 is 1.50 bits per heavy atom. The molecule has 3 nitrogen and oxygen atoms in total. The number of nitrogens with zero attached hydrogens (tertiary/aromatic N) is 2. The number of hydrogen-bond acceptors (Lipinski definition) is 3. The van der Waals surface area contributed by atoms with Gasteiger partial charge in [0.05, 0.1) is 18.6 Å². The van der Waals surface area contributed by atoms with Crippen LogP contribution in [0.5, 0.6) is 0 Å². The lowest BCUT2D eigenvalue weighted by atomic mass is 10.0. The average Bonchev–Trinajstić information content (AvgIpc) is 2.67. The largest absolute Gasteiger partial charge is 0.383 e. The maximum Gasteiger partial charge on any atom is 0.0672 e. The first-order chi connectivity index (χ1) is 6.83. The Labute approximate surface area is 86.6 Å². The predicted molar refractivity (Wildman–Crippen MR) is 55.9 cm³/mol. The van der Waals surface area contributed by atoms with Gasteiger partial charge in [0.15, 0.2) is 0 Å². The number of methoxy groups -OCH3 is 1. The van der Waals surface area contributed by atoms with Crippen LogP contribution in [0.4, 0.5) is 0 Å². The van der Waals surface area contributed by atoms with Gasteiger partial charge in [0.2, 0.25) is 0 Å². The summed E-state index contributed by atoms with van der Waals surface area (Å²) in [4.78, 5) is 2.38. The third kappa shape index (κ3) is 2.70. The van der Waals surface area contributed by atoms with Crippen LogP contribution in [0.3, 0.4) is 0 Å². The minimum atomic E-state index is 0.242. The number of nitriles is 1. The minimum Gasteiger partial charge on any atom is -0.383 e. The Kier molecular flexibility index (Phi) is 4.92. The van der Waals surface area contributed by atoms with Crippen LogP contribution < -0.4 is 0 Å². The lowest BCUT2D eigenvalue weighted by molar-refractivity contribution is 0.116. The van der Waals surface area contributed by atoms with Crippen molar-refractivity contribution in [2.75, 3.05) is 26.8 Å². The molecule has 80 valence electrons. The molecule has 1 saturated carbocycles. The van der Waals surface area contributed by atoms with Crippen molar-refractivity contribution in [3.63, 3.8) is 0 Å². The molecule has 0 N–H and O–H groups in total. The molecular formula is C11H20N2O. The van der Waals surface area contributed by atoms with E-state index < -0.39 is 0 Å². The first-order valence-corrected chi connectivity index (χ1v) is 5.46. The Morgan fingerprint density at radius 2 is 2.29 bits per heavy atom. The molecule has 0 spiro atoms. The van der Waals surface area contributed by atoms with E-state index in [0.29, 0.717) is 6.04 Å². The van der Waals surface area contributed by atoms with Crippen LogP contribution in [-0.2, 0) is 4.74 Å². The molecule has 0 amide bonds. The van der Waals surface area contributed by atoms with Crippen LogP contribution in [0.25, 0.3) is 0 Å². The zero-order valence-corrected chi connectivity index (χ0v) is 9.20. The van der Waals surface area contributed by atoms with Crippen molar-refractivity contribution in [2.24, 2.45) is 5.92 Å². The maximum atomic E-state index is 9.00. The van der Waals surface area contributed by atoms with Gasteiger partial charge in [-0.3, -0.25) is 4.90 Å². The lowest BCUT2D eigenvalue weighted by Crippen LogP contribution is -2.39. The highest BCUT2D eigenvalue weighted by molar-refractivity contribution is 4.97. The zero-order valence-electron chi connectivity index (χ0n) is 9.20. The summed E-state index contributed by atoms with van der Waals surface area (Å²) in [5.74, 6) is 0.242. The van der Waals surface area contributed by atoms with E-state index in [1.807, 2.05) is 0 Å². The van der Waals surface area contributed by atoms with E-state index in [2.05, 4.69) is 17.9 Å². The molecular weight excluding hydrogens is 176 g/mol. The van der Waals surface area contributed by atoms with E-state index in [1.165, 1.54) is 12.8 Å². The van der Waals surface area contributed by atoms with Gasteiger partial charge in [-0.25, -0.2) is 0 Å². The van der Waals surface area contributed by atoms with Gasteiger partial charge in [-0.05, 0) is 19.4 Å². The van der Waals surface area contributed by atoms with Crippen molar-refractivity contribution < 1.29 is 4.74 Å². The van der Waals surface area contributed by atoms with E-state index in [9.17, 15) is 0 Å². The fourth-order valence-corrected chi connectivity index (χ4v) is 2.30. The summed E-state index contributed by atoms with van der Waals surface area (Å²) in [5, 5.41) is 9.00. The van der Waals surface area contributed by atoms with E-state index in [4.69, 9.17) is 10.00 Å². The number of hydrogen-bond donors (Lipinski definition) is 0. The number of likely N-dealkylation sites (N-methyl/N-ethyl adjacent to an activating group) is 1. The summed E-state index contributed by atoms with van der Waals surface area (Å²) in [6, 6.07) is 2.90. The third-order valence-electron chi connectivity index (χ3n) is 3.10. The number of rotatable bonds is 5. The maximum absolute atomic E-state index is 9.00. The summed E-state index contributed by atoms with van der Waals surface area (Å²) in [7, 11) is 1.73. The molecule has 1 aliphatic rings. The predicted octanol–water partition coefficient (Wildman–Crippen LogP) is 1.65. The zero-order chi connectivity index (χ0) is 10.4. The van der Waals surface area contributed by atoms with Gasteiger partial charge in [0, 0.05) is 19.7 Å². The quantitative estimate of drug-likeness (QED) is 0.670. The molecule has 0 aliphatic heterocycles.